The smallest absolute Gasteiger partial charge is 0.142 e. The molecule has 1 unspecified atom stereocenters. The summed E-state index contributed by atoms with van der Waals surface area (Å²) in [5, 5.41) is 8.48. The molecule has 0 aliphatic heterocycles. The molecule has 0 spiro atoms. The van der Waals surface area contributed by atoms with Crippen molar-refractivity contribution in [1.29, 1.82) is 0 Å². The molecule has 1 atom stereocenters. The zero-order chi connectivity index (χ0) is 7.61. The van der Waals surface area contributed by atoms with Gasteiger partial charge in [-0.15, -0.1) is 0 Å². The molecule has 0 aromatic rings. The quantitative estimate of drug-likeness (QED) is 0.564. The first-order valence-electron chi connectivity index (χ1n) is 3.54. The van der Waals surface area contributed by atoms with Crippen LogP contribution in [0.2, 0.25) is 0 Å². The Labute approximate surface area is 60.6 Å². The van der Waals surface area contributed by atoms with E-state index in [1.165, 1.54) is 0 Å². The fraction of sp³-hybridized carbons (Fsp3) is 0.625. The van der Waals surface area contributed by atoms with Gasteiger partial charge in [-0.1, -0.05) is 0 Å². The van der Waals surface area contributed by atoms with Crippen LogP contribution >= 0.6 is 0 Å². The van der Waals surface area contributed by atoms with E-state index in [0.29, 0.717) is 6.42 Å². The number of aliphatic hydroxyl groups excluding tert-OH is 1. The van der Waals surface area contributed by atoms with Gasteiger partial charge in [0.2, 0.25) is 0 Å². The van der Waals surface area contributed by atoms with Crippen molar-refractivity contribution in [3.05, 3.63) is 12.3 Å². The van der Waals surface area contributed by atoms with Gasteiger partial charge in [0.1, 0.15) is 5.78 Å². The number of aliphatic hydroxyl groups is 1. The molecule has 2 nitrogen and oxygen atoms in total. The summed E-state index contributed by atoms with van der Waals surface area (Å²) in [6.45, 7) is 1.87. The molecule has 1 aliphatic rings. The van der Waals surface area contributed by atoms with E-state index >= 15 is 0 Å². The molecule has 0 aromatic heterocycles. The lowest BCUT2D eigenvalue weighted by atomic mass is 9.88. The Morgan fingerprint density at radius 2 is 2.40 bits per heavy atom. The second-order valence-electron chi connectivity index (χ2n) is 3.01. The van der Waals surface area contributed by atoms with Crippen LogP contribution in [-0.2, 0) is 4.79 Å². The molecule has 56 valence electrons. The highest BCUT2D eigenvalue weighted by Crippen LogP contribution is 2.35. The highest BCUT2D eigenvalue weighted by molar-refractivity contribution is 5.88. The molecule has 0 saturated heterocycles. The van der Waals surface area contributed by atoms with E-state index in [-0.39, 0.29) is 11.2 Å². The van der Waals surface area contributed by atoms with E-state index in [4.69, 9.17) is 5.11 Å². The third kappa shape index (κ3) is 1.06. The minimum Gasteiger partial charge on any atom is -0.516 e. The van der Waals surface area contributed by atoms with Crippen molar-refractivity contribution in [1.82, 2.24) is 0 Å². The summed E-state index contributed by atoms with van der Waals surface area (Å²) in [4.78, 5) is 11.1. The summed E-state index contributed by atoms with van der Waals surface area (Å²) in [5.41, 5.74) is -0.366. The molecule has 0 bridgehead atoms. The highest BCUT2D eigenvalue weighted by atomic mass is 16.2. The molecule has 10 heavy (non-hydrogen) atoms. The largest absolute Gasteiger partial charge is 0.516 e. The molecule has 1 saturated carbocycles. The average molecular weight is 140 g/mol. The molecule has 0 heterocycles. The Morgan fingerprint density at radius 1 is 1.70 bits per heavy atom. The summed E-state index contributed by atoms with van der Waals surface area (Å²) in [6, 6.07) is 0. The maximum atomic E-state index is 11.1. The molecular weight excluding hydrogens is 128 g/mol. The van der Waals surface area contributed by atoms with Crippen LogP contribution in [0, 0.1) is 5.41 Å². The average Bonchev–Trinajstić information content (AvgIpc) is 2.15. The molecule has 2 heteroatoms. The van der Waals surface area contributed by atoms with Crippen molar-refractivity contribution in [3.63, 3.8) is 0 Å². The molecule has 1 fully saturated rings. The number of rotatable bonds is 1. The lowest BCUT2D eigenvalue weighted by Gasteiger charge is -2.14. The van der Waals surface area contributed by atoms with Crippen molar-refractivity contribution < 1.29 is 9.90 Å². The van der Waals surface area contributed by atoms with Crippen LogP contribution in [0.5, 0.6) is 0 Å². The minimum atomic E-state index is -0.366. The summed E-state index contributed by atoms with van der Waals surface area (Å²) in [7, 11) is 0. The number of hydrogen-bond donors (Lipinski definition) is 1. The summed E-state index contributed by atoms with van der Waals surface area (Å²) in [6.07, 6.45) is 5.06. The first-order chi connectivity index (χ1) is 4.69. The van der Waals surface area contributed by atoms with Crippen LogP contribution in [0.4, 0.5) is 0 Å². The van der Waals surface area contributed by atoms with Crippen LogP contribution in [0.3, 0.4) is 0 Å². The van der Waals surface area contributed by atoms with Crippen LogP contribution < -0.4 is 0 Å². The lowest BCUT2D eigenvalue weighted by molar-refractivity contribution is -0.123. The predicted octanol–water partition coefficient (Wildman–Crippen LogP) is 1.82. The van der Waals surface area contributed by atoms with Gasteiger partial charge in [0.25, 0.3) is 0 Å². The highest BCUT2D eigenvalue weighted by Gasteiger charge is 2.34. The van der Waals surface area contributed by atoms with Gasteiger partial charge in [0.05, 0.1) is 6.26 Å². The Bertz CT molecular complexity index is 172. The normalized spacial score (nSPS) is 33.9. The third-order valence-corrected chi connectivity index (χ3v) is 2.18. The Hall–Kier alpha value is -0.790. The topological polar surface area (TPSA) is 37.3 Å². The lowest BCUT2D eigenvalue weighted by Crippen LogP contribution is -2.17. The summed E-state index contributed by atoms with van der Waals surface area (Å²) in [5.74, 6) is 0.248. The van der Waals surface area contributed by atoms with Gasteiger partial charge >= 0.3 is 0 Å². The second-order valence-corrected chi connectivity index (χ2v) is 3.01. The maximum Gasteiger partial charge on any atom is 0.142 e. The van der Waals surface area contributed by atoms with E-state index in [9.17, 15) is 4.79 Å². The fourth-order valence-electron chi connectivity index (χ4n) is 1.38. The van der Waals surface area contributed by atoms with Gasteiger partial charge in [-0.25, -0.2) is 0 Å². The van der Waals surface area contributed by atoms with Gasteiger partial charge in [-0.3, -0.25) is 4.79 Å². The van der Waals surface area contributed by atoms with Crippen molar-refractivity contribution in [2.24, 2.45) is 5.41 Å². The molecule has 1 rings (SSSR count). The fourth-order valence-corrected chi connectivity index (χ4v) is 1.38. The second kappa shape index (κ2) is 2.45. The number of carbonyl (C=O) groups excluding carboxylic acids is 1. The monoisotopic (exact) mass is 140 g/mol. The molecule has 0 aromatic carbocycles. The first kappa shape index (κ1) is 7.32. The van der Waals surface area contributed by atoms with Gasteiger partial charge < -0.3 is 5.11 Å². The van der Waals surface area contributed by atoms with E-state index in [1.54, 1.807) is 6.08 Å². The van der Waals surface area contributed by atoms with E-state index in [0.717, 1.165) is 19.1 Å². The van der Waals surface area contributed by atoms with Crippen molar-refractivity contribution >= 4 is 5.78 Å². The Balaban J connectivity index is 2.75. The number of hydrogen-bond acceptors (Lipinski definition) is 2. The van der Waals surface area contributed by atoms with Crippen LogP contribution in [-0.4, -0.2) is 10.9 Å². The summed E-state index contributed by atoms with van der Waals surface area (Å²) < 4.78 is 0. The number of ketones is 1. The number of Topliss-reactive ketones (excluding diaryl/α,β-unsaturated/α-hetero) is 1. The van der Waals surface area contributed by atoms with Crippen molar-refractivity contribution in [2.45, 2.75) is 26.2 Å². The zero-order valence-electron chi connectivity index (χ0n) is 6.13. The number of carbonyl (C=O) groups is 1. The summed E-state index contributed by atoms with van der Waals surface area (Å²) >= 11 is 0. The van der Waals surface area contributed by atoms with Gasteiger partial charge in [0, 0.05) is 11.8 Å². The van der Waals surface area contributed by atoms with Gasteiger partial charge in [0.15, 0.2) is 0 Å². The van der Waals surface area contributed by atoms with Crippen LogP contribution in [0.15, 0.2) is 12.3 Å². The predicted molar refractivity (Wildman–Crippen MR) is 38.7 cm³/mol. The molecule has 0 amide bonds. The standard InChI is InChI=1S/C8H12O2/c1-8(5-6-9)4-2-3-7(8)10/h5-6,9H,2-4H2,1H3/b6-5+. The molecular formula is C8H12O2. The molecule has 1 aliphatic carbocycles. The number of allylic oxidation sites excluding steroid dienone is 1. The van der Waals surface area contributed by atoms with E-state index in [2.05, 4.69) is 0 Å². The molecule has 1 N–H and O–H groups in total. The van der Waals surface area contributed by atoms with Gasteiger partial charge in [-0.05, 0) is 25.8 Å². The van der Waals surface area contributed by atoms with Crippen LogP contribution in [0.1, 0.15) is 26.2 Å². The van der Waals surface area contributed by atoms with Gasteiger partial charge in [-0.2, -0.15) is 0 Å². The maximum absolute atomic E-state index is 11.1. The Kier molecular flexibility index (Phi) is 1.79. The van der Waals surface area contributed by atoms with E-state index < -0.39 is 0 Å². The third-order valence-electron chi connectivity index (χ3n) is 2.18. The van der Waals surface area contributed by atoms with Crippen LogP contribution in [0.25, 0.3) is 0 Å². The Morgan fingerprint density at radius 3 is 2.80 bits per heavy atom. The SMILES string of the molecule is CC1(/C=C/O)CCCC1=O. The van der Waals surface area contributed by atoms with Crippen molar-refractivity contribution in [3.8, 4) is 0 Å². The van der Waals surface area contributed by atoms with Crippen molar-refractivity contribution in [2.75, 3.05) is 0 Å². The zero-order valence-corrected chi connectivity index (χ0v) is 6.13. The van der Waals surface area contributed by atoms with E-state index in [1.807, 2.05) is 6.92 Å². The first-order valence-corrected chi connectivity index (χ1v) is 3.54. The minimum absolute atomic E-state index is 0.248. The molecule has 0 radical (unpaired) electrons.